The number of fused-ring (bicyclic) bond motifs is 1. The molecule has 0 amide bonds. The molecule has 27 heavy (non-hydrogen) atoms. The van der Waals surface area contributed by atoms with Crippen molar-refractivity contribution in [3.8, 4) is 11.3 Å². The van der Waals surface area contributed by atoms with Crippen LogP contribution >= 0.6 is 11.6 Å². The van der Waals surface area contributed by atoms with Gasteiger partial charge in [-0.3, -0.25) is 0 Å². The first-order valence-corrected chi connectivity index (χ1v) is 10.7. The maximum Gasteiger partial charge on any atom is 0.175 e. The van der Waals surface area contributed by atoms with Crippen molar-refractivity contribution in [1.29, 1.82) is 0 Å². The van der Waals surface area contributed by atoms with Gasteiger partial charge in [0.15, 0.2) is 9.84 Å². The Morgan fingerprint density at radius 3 is 2.30 bits per heavy atom. The summed E-state index contributed by atoms with van der Waals surface area (Å²) >= 11 is 5.96. The first-order valence-electron chi connectivity index (χ1n) is 8.41. The Morgan fingerprint density at radius 2 is 1.63 bits per heavy atom. The monoisotopic (exact) mass is 396 g/mol. The quantitative estimate of drug-likeness (QED) is 0.497. The highest BCUT2D eigenvalue weighted by molar-refractivity contribution is 7.90. The first-order chi connectivity index (χ1) is 12.9. The van der Waals surface area contributed by atoms with E-state index in [1.807, 2.05) is 48.7 Å². The lowest BCUT2D eigenvalue weighted by Gasteiger charge is -2.07. The van der Waals surface area contributed by atoms with Gasteiger partial charge in [0.1, 0.15) is 5.65 Å². The lowest BCUT2D eigenvalue weighted by atomic mass is 10.1. The maximum absolute atomic E-state index is 11.6. The number of benzene rings is 2. The summed E-state index contributed by atoms with van der Waals surface area (Å²) in [5, 5.41) is 1.77. The summed E-state index contributed by atoms with van der Waals surface area (Å²) in [6.07, 6.45) is 3.22. The SMILES string of the molecule is CS(=O)(=O)c1ccc(-c2ccc3ccn(Cc4ccc(Cl)cc4)c3n2)cc1. The van der Waals surface area contributed by atoms with Crippen molar-refractivity contribution in [3.05, 3.63) is 83.5 Å². The van der Waals surface area contributed by atoms with Crippen molar-refractivity contribution in [3.63, 3.8) is 0 Å². The zero-order valence-corrected chi connectivity index (χ0v) is 16.2. The summed E-state index contributed by atoms with van der Waals surface area (Å²) in [5.74, 6) is 0. The molecule has 0 radical (unpaired) electrons. The molecular formula is C21H17ClN2O2S. The molecule has 0 bridgehead atoms. The molecule has 0 spiro atoms. The van der Waals surface area contributed by atoms with E-state index in [2.05, 4.69) is 4.57 Å². The fraction of sp³-hybridized carbons (Fsp3) is 0.0952. The molecule has 4 rings (SSSR count). The van der Waals surface area contributed by atoms with Gasteiger partial charge in [-0.15, -0.1) is 0 Å². The number of rotatable bonds is 4. The summed E-state index contributed by atoms with van der Waals surface area (Å²) < 4.78 is 25.4. The van der Waals surface area contributed by atoms with Crippen LogP contribution in [0.4, 0.5) is 0 Å². The predicted octanol–water partition coefficient (Wildman–Crippen LogP) is 4.81. The Bertz CT molecular complexity index is 1210. The van der Waals surface area contributed by atoms with Crippen LogP contribution in [0.5, 0.6) is 0 Å². The van der Waals surface area contributed by atoms with E-state index < -0.39 is 9.84 Å². The van der Waals surface area contributed by atoms with Crippen molar-refractivity contribution in [2.24, 2.45) is 0 Å². The van der Waals surface area contributed by atoms with Gasteiger partial charge in [-0.05, 0) is 48.0 Å². The van der Waals surface area contributed by atoms with E-state index in [-0.39, 0.29) is 0 Å². The summed E-state index contributed by atoms with van der Waals surface area (Å²) in [7, 11) is -3.21. The molecule has 0 atom stereocenters. The second-order valence-corrected chi connectivity index (χ2v) is 8.93. The second-order valence-electron chi connectivity index (χ2n) is 6.48. The fourth-order valence-corrected chi connectivity index (χ4v) is 3.76. The molecule has 2 aromatic heterocycles. The lowest BCUT2D eigenvalue weighted by molar-refractivity contribution is 0.602. The Hall–Kier alpha value is -2.63. The molecule has 0 fully saturated rings. The molecular weight excluding hydrogens is 380 g/mol. The fourth-order valence-electron chi connectivity index (χ4n) is 3.01. The van der Waals surface area contributed by atoms with Crippen molar-refractivity contribution >= 4 is 32.5 Å². The van der Waals surface area contributed by atoms with Crippen molar-refractivity contribution in [2.45, 2.75) is 11.4 Å². The molecule has 0 aliphatic heterocycles. The molecule has 0 N–H and O–H groups in total. The van der Waals surface area contributed by atoms with Crippen molar-refractivity contribution < 1.29 is 8.42 Å². The predicted molar refractivity (Wildman–Crippen MR) is 109 cm³/mol. The van der Waals surface area contributed by atoms with Gasteiger partial charge < -0.3 is 4.57 Å². The molecule has 2 heterocycles. The maximum atomic E-state index is 11.6. The van der Waals surface area contributed by atoms with E-state index in [9.17, 15) is 8.42 Å². The zero-order chi connectivity index (χ0) is 19.0. The van der Waals surface area contributed by atoms with Gasteiger partial charge in [0.25, 0.3) is 0 Å². The number of nitrogens with zero attached hydrogens (tertiary/aromatic N) is 2. The smallest absolute Gasteiger partial charge is 0.175 e. The van der Waals surface area contributed by atoms with Crippen LogP contribution in [0, 0.1) is 0 Å². The van der Waals surface area contributed by atoms with Crippen LogP contribution < -0.4 is 0 Å². The van der Waals surface area contributed by atoms with E-state index >= 15 is 0 Å². The molecule has 0 saturated heterocycles. The van der Waals surface area contributed by atoms with Crippen LogP contribution in [0.25, 0.3) is 22.3 Å². The number of sulfone groups is 1. The Balaban J connectivity index is 1.70. The van der Waals surface area contributed by atoms with Crippen LogP contribution in [0.1, 0.15) is 5.56 Å². The van der Waals surface area contributed by atoms with Gasteiger partial charge in [0.2, 0.25) is 0 Å². The average molecular weight is 397 g/mol. The van der Waals surface area contributed by atoms with E-state index in [0.717, 1.165) is 27.9 Å². The van der Waals surface area contributed by atoms with E-state index in [0.29, 0.717) is 16.5 Å². The number of halogens is 1. The molecule has 0 unspecified atom stereocenters. The average Bonchev–Trinajstić information content (AvgIpc) is 3.05. The molecule has 0 aliphatic rings. The van der Waals surface area contributed by atoms with Crippen LogP contribution in [-0.4, -0.2) is 24.2 Å². The Labute approximate surface area is 163 Å². The van der Waals surface area contributed by atoms with Gasteiger partial charge >= 0.3 is 0 Å². The topological polar surface area (TPSA) is 52.0 Å². The number of hydrogen-bond donors (Lipinski definition) is 0. The van der Waals surface area contributed by atoms with Crippen LogP contribution in [0.3, 0.4) is 0 Å². The summed E-state index contributed by atoms with van der Waals surface area (Å²) in [6.45, 7) is 0.699. The molecule has 2 aromatic carbocycles. The highest BCUT2D eigenvalue weighted by Gasteiger charge is 2.09. The zero-order valence-electron chi connectivity index (χ0n) is 14.6. The minimum absolute atomic E-state index is 0.304. The van der Waals surface area contributed by atoms with Crippen molar-refractivity contribution in [2.75, 3.05) is 6.26 Å². The Kier molecular flexibility index (Phi) is 4.50. The molecule has 0 aliphatic carbocycles. The summed E-state index contributed by atoms with van der Waals surface area (Å²) in [4.78, 5) is 5.10. The van der Waals surface area contributed by atoms with Crippen molar-refractivity contribution in [1.82, 2.24) is 9.55 Å². The number of hydrogen-bond acceptors (Lipinski definition) is 3. The summed E-state index contributed by atoms with van der Waals surface area (Å²) in [5.41, 5.74) is 3.71. The first kappa shape index (κ1) is 17.8. The highest BCUT2D eigenvalue weighted by Crippen LogP contribution is 2.24. The number of pyridine rings is 1. The Morgan fingerprint density at radius 1 is 0.926 bits per heavy atom. The largest absolute Gasteiger partial charge is 0.328 e. The van der Waals surface area contributed by atoms with Gasteiger partial charge in [0.05, 0.1) is 10.6 Å². The molecule has 6 heteroatoms. The normalized spacial score (nSPS) is 11.8. The third kappa shape index (κ3) is 3.75. The van der Waals surface area contributed by atoms with Crippen LogP contribution in [0.2, 0.25) is 5.02 Å². The van der Waals surface area contributed by atoms with Crippen LogP contribution in [0.15, 0.2) is 77.8 Å². The second kappa shape index (κ2) is 6.83. The molecule has 4 aromatic rings. The molecule has 136 valence electrons. The third-order valence-electron chi connectivity index (χ3n) is 4.46. The minimum Gasteiger partial charge on any atom is -0.328 e. The summed E-state index contributed by atoms with van der Waals surface area (Å²) in [6, 6.07) is 20.6. The standard InChI is InChI=1S/C21H17ClN2O2S/c1-27(25,26)19-9-4-16(5-10-19)20-11-6-17-12-13-24(21(17)23-20)14-15-2-7-18(22)8-3-15/h2-13H,14H2,1H3. The lowest BCUT2D eigenvalue weighted by Crippen LogP contribution is -2.00. The third-order valence-corrected chi connectivity index (χ3v) is 5.84. The minimum atomic E-state index is -3.21. The van der Waals surface area contributed by atoms with E-state index in [4.69, 9.17) is 16.6 Å². The van der Waals surface area contributed by atoms with E-state index in [1.54, 1.807) is 24.3 Å². The van der Waals surface area contributed by atoms with Gasteiger partial charge in [-0.1, -0.05) is 35.9 Å². The molecule has 4 nitrogen and oxygen atoms in total. The number of aromatic nitrogens is 2. The van der Waals surface area contributed by atoms with Gasteiger partial charge in [-0.25, -0.2) is 13.4 Å². The van der Waals surface area contributed by atoms with Gasteiger partial charge in [0, 0.05) is 35.0 Å². The molecule has 0 saturated carbocycles. The van der Waals surface area contributed by atoms with Crippen LogP contribution in [-0.2, 0) is 16.4 Å². The van der Waals surface area contributed by atoms with Gasteiger partial charge in [-0.2, -0.15) is 0 Å². The highest BCUT2D eigenvalue weighted by atomic mass is 35.5. The van der Waals surface area contributed by atoms with E-state index in [1.165, 1.54) is 6.26 Å².